The van der Waals surface area contributed by atoms with Gasteiger partial charge in [-0.15, -0.1) is 0 Å². The number of esters is 6. The molecule has 0 spiro atoms. The van der Waals surface area contributed by atoms with Crippen molar-refractivity contribution in [1.82, 2.24) is 0 Å². The molecule has 322 valence electrons. The van der Waals surface area contributed by atoms with Crippen molar-refractivity contribution in [1.29, 1.82) is 0 Å². The highest BCUT2D eigenvalue weighted by atomic mass is 16.6. The number of carbonyl (C=O) groups excluding carboxylic acids is 6. The smallest absolute Gasteiger partial charge is 0.338 e. The van der Waals surface area contributed by atoms with E-state index in [1.165, 1.54) is 0 Å². The van der Waals surface area contributed by atoms with Crippen molar-refractivity contribution in [3.63, 3.8) is 0 Å². The number of rotatable bonds is 20. The number of benzene rings is 2. The minimum absolute atomic E-state index is 0.00492. The lowest BCUT2D eigenvalue weighted by molar-refractivity contribution is -0.148. The van der Waals surface area contributed by atoms with Gasteiger partial charge in [0.15, 0.2) is 0 Å². The lowest BCUT2D eigenvalue weighted by Crippen LogP contribution is -2.33. The van der Waals surface area contributed by atoms with Crippen LogP contribution in [0.15, 0.2) is 60.7 Å². The van der Waals surface area contributed by atoms with Gasteiger partial charge in [-0.25, -0.2) is 9.59 Å². The van der Waals surface area contributed by atoms with Crippen LogP contribution >= 0.6 is 0 Å². The molecule has 2 aromatic carbocycles. The topological polar surface area (TPSA) is 262 Å². The SMILES string of the molecule is NCC(=O)OC[C@@H]1C[C@@H]([C@@H]2CC[C@H]([C@H]3C[C@H](COC(=O)CN)[C@H](COC(=O)CN)[C@@H]3COC(=O)c3ccccc3)C2)[C@H](COC(=O)c2ccccc2)[C@@H]1COC(=O)CN. The lowest BCUT2D eigenvalue weighted by atomic mass is 9.77. The molecule has 3 saturated carbocycles. The van der Waals surface area contributed by atoms with Gasteiger partial charge in [0.1, 0.15) is 0 Å². The summed E-state index contributed by atoms with van der Waals surface area (Å²) >= 11 is 0. The van der Waals surface area contributed by atoms with E-state index in [1.807, 2.05) is 0 Å². The van der Waals surface area contributed by atoms with Gasteiger partial charge >= 0.3 is 35.8 Å². The summed E-state index contributed by atoms with van der Waals surface area (Å²) in [5.74, 6) is -4.56. The molecule has 0 unspecified atom stereocenters. The molecule has 0 heterocycles. The average Bonchev–Trinajstić information content (AvgIpc) is 3.99. The van der Waals surface area contributed by atoms with E-state index in [0.717, 1.165) is 19.3 Å². The van der Waals surface area contributed by atoms with Crippen LogP contribution in [-0.2, 0) is 47.6 Å². The van der Waals surface area contributed by atoms with Crippen LogP contribution in [0, 0.1) is 59.2 Å². The van der Waals surface area contributed by atoms with Gasteiger partial charge in [0.2, 0.25) is 0 Å². The molecule has 3 aliphatic carbocycles. The summed E-state index contributed by atoms with van der Waals surface area (Å²) in [7, 11) is 0. The Morgan fingerprint density at radius 2 is 0.746 bits per heavy atom. The molecule has 16 nitrogen and oxygen atoms in total. The first kappa shape index (κ1) is 45.2. The van der Waals surface area contributed by atoms with Crippen molar-refractivity contribution in [2.45, 2.75) is 32.1 Å². The molecule has 0 radical (unpaired) electrons. The number of hydrogen-bond donors (Lipinski definition) is 4. The van der Waals surface area contributed by atoms with E-state index in [1.54, 1.807) is 60.7 Å². The van der Waals surface area contributed by atoms with Crippen LogP contribution in [0.2, 0.25) is 0 Å². The molecule has 16 heteroatoms. The Kier molecular flexibility index (Phi) is 17.2. The number of nitrogens with two attached hydrogens (primary N) is 4. The normalized spacial score (nSPS) is 27.4. The van der Waals surface area contributed by atoms with Crippen LogP contribution in [0.5, 0.6) is 0 Å². The molecule has 8 N–H and O–H groups in total. The average molecular weight is 823 g/mol. The molecular formula is C43H58N4O12. The third-order valence-corrected chi connectivity index (χ3v) is 12.6. The van der Waals surface area contributed by atoms with Crippen LogP contribution < -0.4 is 22.9 Å². The van der Waals surface area contributed by atoms with Gasteiger partial charge in [-0.2, -0.15) is 0 Å². The van der Waals surface area contributed by atoms with E-state index in [0.29, 0.717) is 24.0 Å². The van der Waals surface area contributed by atoms with Crippen LogP contribution in [-0.4, -0.2) is 102 Å². The lowest BCUT2D eigenvalue weighted by Gasteiger charge is -2.31. The standard InChI is InChI=1S/C43H58N4O12/c44-16-38(48)54-20-30-14-32(36(34(30)22-56-40(50)18-46)24-58-42(52)26-7-3-1-4-8-26)28-11-12-29(13-28)33-15-31(21-55-39(49)17-45)35(23-57-41(51)19-47)37(33)25-59-43(53)27-9-5-2-6-10-27/h1-10,28-37H,11-25,44-47H2/t28-,29+,30+,31-,32+,33-,34-,35+,36+,37-. The zero-order valence-electron chi connectivity index (χ0n) is 33.4. The highest BCUT2D eigenvalue weighted by Crippen LogP contribution is 2.56. The van der Waals surface area contributed by atoms with Crippen molar-refractivity contribution in [2.75, 3.05) is 65.8 Å². The molecule has 0 aromatic heterocycles. The minimum Gasteiger partial charge on any atom is -0.464 e. The van der Waals surface area contributed by atoms with Crippen LogP contribution in [0.25, 0.3) is 0 Å². The van der Waals surface area contributed by atoms with Gasteiger partial charge in [0, 0.05) is 23.7 Å². The van der Waals surface area contributed by atoms with Crippen molar-refractivity contribution in [3.8, 4) is 0 Å². The van der Waals surface area contributed by atoms with E-state index in [2.05, 4.69) is 0 Å². The molecule has 0 bridgehead atoms. The van der Waals surface area contributed by atoms with Crippen LogP contribution in [0.3, 0.4) is 0 Å². The zero-order valence-corrected chi connectivity index (χ0v) is 33.4. The van der Waals surface area contributed by atoms with Crippen molar-refractivity contribution in [2.24, 2.45) is 82.1 Å². The maximum absolute atomic E-state index is 13.2. The first-order valence-corrected chi connectivity index (χ1v) is 20.4. The van der Waals surface area contributed by atoms with E-state index in [-0.39, 0.29) is 125 Å². The molecule has 0 saturated heterocycles. The highest BCUT2D eigenvalue weighted by Gasteiger charge is 2.53. The van der Waals surface area contributed by atoms with E-state index >= 15 is 0 Å². The molecule has 0 aliphatic heterocycles. The molecule has 3 fully saturated rings. The maximum Gasteiger partial charge on any atom is 0.338 e. The fraction of sp³-hybridized carbons (Fsp3) is 0.581. The fourth-order valence-electron chi connectivity index (χ4n) is 9.72. The van der Waals surface area contributed by atoms with Gasteiger partial charge in [-0.3, -0.25) is 19.2 Å². The molecule has 2 aromatic rings. The zero-order chi connectivity index (χ0) is 42.3. The van der Waals surface area contributed by atoms with E-state index < -0.39 is 35.8 Å². The predicted octanol–water partition coefficient (Wildman–Crippen LogP) is 1.86. The van der Waals surface area contributed by atoms with Crippen LogP contribution in [0.1, 0.15) is 52.8 Å². The molecule has 0 amide bonds. The summed E-state index contributed by atoms with van der Waals surface area (Å²) in [6.45, 7) is -0.948. The summed E-state index contributed by atoms with van der Waals surface area (Å²) in [6, 6.07) is 17.3. The Balaban J connectivity index is 1.41. The van der Waals surface area contributed by atoms with Gasteiger partial charge in [-0.05, 0) is 91.9 Å². The maximum atomic E-state index is 13.2. The van der Waals surface area contributed by atoms with Gasteiger partial charge in [-0.1, -0.05) is 36.4 Å². The quantitative estimate of drug-likeness (QED) is 0.110. The van der Waals surface area contributed by atoms with E-state index in [4.69, 9.17) is 51.4 Å². The summed E-state index contributed by atoms with van der Waals surface area (Å²) < 4.78 is 34.2. The summed E-state index contributed by atoms with van der Waals surface area (Å²) in [4.78, 5) is 75.5. The third kappa shape index (κ3) is 12.3. The highest BCUT2D eigenvalue weighted by molar-refractivity contribution is 5.89. The second-order valence-corrected chi connectivity index (χ2v) is 15.8. The number of ether oxygens (including phenoxy) is 6. The minimum atomic E-state index is -0.578. The Hall–Kier alpha value is -4.90. The Bertz CT molecular complexity index is 1590. The number of hydrogen-bond acceptors (Lipinski definition) is 16. The largest absolute Gasteiger partial charge is 0.464 e. The Morgan fingerprint density at radius 3 is 1.08 bits per heavy atom. The Morgan fingerprint density at radius 1 is 0.424 bits per heavy atom. The second kappa shape index (κ2) is 22.5. The van der Waals surface area contributed by atoms with Crippen molar-refractivity contribution < 1.29 is 57.2 Å². The summed E-state index contributed by atoms with van der Waals surface area (Å²) in [6.07, 6.45) is 3.67. The van der Waals surface area contributed by atoms with Crippen LogP contribution in [0.4, 0.5) is 0 Å². The van der Waals surface area contributed by atoms with Crippen molar-refractivity contribution >= 4 is 35.8 Å². The van der Waals surface area contributed by atoms with Gasteiger partial charge < -0.3 is 51.4 Å². The summed E-state index contributed by atoms with van der Waals surface area (Å²) in [5.41, 5.74) is 23.1. The fourth-order valence-corrected chi connectivity index (χ4v) is 9.72. The first-order valence-electron chi connectivity index (χ1n) is 20.4. The Labute approximate surface area is 344 Å². The third-order valence-electron chi connectivity index (χ3n) is 12.6. The molecule has 10 atom stereocenters. The predicted molar refractivity (Wildman–Crippen MR) is 211 cm³/mol. The monoisotopic (exact) mass is 822 g/mol. The van der Waals surface area contributed by atoms with E-state index in [9.17, 15) is 28.8 Å². The van der Waals surface area contributed by atoms with Gasteiger partial charge in [0.05, 0.1) is 76.9 Å². The summed E-state index contributed by atoms with van der Waals surface area (Å²) in [5, 5.41) is 0. The molecular weight excluding hydrogens is 764 g/mol. The molecule has 59 heavy (non-hydrogen) atoms. The van der Waals surface area contributed by atoms with Gasteiger partial charge in [0.25, 0.3) is 0 Å². The number of carbonyl (C=O) groups is 6. The molecule has 5 rings (SSSR count). The first-order chi connectivity index (χ1) is 28.6. The van der Waals surface area contributed by atoms with Crippen molar-refractivity contribution in [3.05, 3.63) is 71.8 Å². The second-order valence-electron chi connectivity index (χ2n) is 15.8. The molecule has 3 aliphatic rings.